The summed E-state index contributed by atoms with van der Waals surface area (Å²) in [6, 6.07) is 0. The summed E-state index contributed by atoms with van der Waals surface area (Å²) in [5.41, 5.74) is -0.646. The van der Waals surface area contributed by atoms with Gasteiger partial charge >= 0.3 is 5.97 Å². The van der Waals surface area contributed by atoms with E-state index in [1.54, 1.807) is 0 Å². The van der Waals surface area contributed by atoms with Crippen molar-refractivity contribution >= 4 is 5.97 Å². The van der Waals surface area contributed by atoms with Crippen LogP contribution in [0.25, 0.3) is 0 Å². The van der Waals surface area contributed by atoms with E-state index in [0.717, 1.165) is 12.8 Å². The van der Waals surface area contributed by atoms with E-state index >= 15 is 0 Å². The monoisotopic (exact) mass is 242 g/mol. The molecule has 17 heavy (non-hydrogen) atoms. The van der Waals surface area contributed by atoms with Crippen LogP contribution in [0.5, 0.6) is 0 Å². The van der Waals surface area contributed by atoms with Crippen molar-refractivity contribution in [2.75, 3.05) is 26.3 Å². The third kappa shape index (κ3) is 2.26. The lowest BCUT2D eigenvalue weighted by Gasteiger charge is -2.42. The van der Waals surface area contributed by atoms with Crippen LogP contribution in [0.15, 0.2) is 5.29 Å². The first kappa shape index (κ1) is 12.3. The van der Waals surface area contributed by atoms with E-state index in [2.05, 4.69) is 5.29 Å². The number of rotatable bonds is 3. The highest BCUT2D eigenvalue weighted by Gasteiger charge is 2.47. The maximum atomic E-state index is 11.6. The van der Waals surface area contributed by atoms with Gasteiger partial charge in [0.25, 0.3) is 0 Å². The van der Waals surface area contributed by atoms with Crippen molar-refractivity contribution in [3.8, 4) is 0 Å². The summed E-state index contributed by atoms with van der Waals surface area (Å²) in [6.07, 6.45) is 2.64. The molecule has 0 atom stereocenters. The molecule has 0 spiro atoms. The maximum absolute atomic E-state index is 11.6. The minimum Gasteiger partial charge on any atom is -0.481 e. The fraction of sp³-hybridized carbons (Fsp3) is 0.909. The van der Waals surface area contributed by atoms with Gasteiger partial charge in [0.1, 0.15) is 0 Å². The predicted molar refractivity (Wildman–Crippen MR) is 60.2 cm³/mol. The van der Waals surface area contributed by atoms with Crippen LogP contribution in [0.2, 0.25) is 0 Å². The minimum absolute atomic E-state index is 0.141. The van der Waals surface area contributed by atoms with E-state index in [9.17, 15) is 14.8 Å². The van der Waals surface area contributed by atoms with Crippen LogP contribution in [-0.2, 0) is 9.53 Å². The molecular weight excluding hydrogens is 224 g/mol. The number of carboxylic acid groups (broad SMARTS) is 1. The molecule has 6 heteroatoms. The number of nitroso groups, excluding NO2 is 1. The van der Waals surface area contributed by atoms with E-state index < -0.39 is 11.4 Å². The van der Waals surface area contributed by atoms with Gasteiger partial charge in [-0.1, -0.05) is 0 Å². The van der Waals surface area contributed by atoms with Gasteiger partial charge in [0, 0.05) is 26.3 Å². The average molecular weight is 242 g/mol. The second kappa shape index (κ2) is 5.00. The summed E-state index contributed by atoms with van der Waals surface area (Å²) in [5, 5.41) is 13.9. The molecule has 0 aromatic rings. The SMILES string of the molecule is O=NN1CCC(C2(C(=O)O)CCOCC2)CC1. The van der Waals surface area contributed by atoms with Crippen LogP contribution in [0, 0.1) is 16.2 Å². The summed E-state index contributed by atoms with van der Waals surface area (Å²) < 4.78 is 5.27. The molecule has 2 heterocycles. The van der Waals surface area contributed by atoms with Crippen molar-refractivity contribution in [1.82, 2.24) is 5.01 Å². The Morgan fingerprint density at radius 1 is 1.29 bits per heavy atom. The second-order valence-corrected chi connectivity index (χ2v) is 4.88. The predicted octanol–water partition coefficient (Wildman–Crippen LogP) is 1.26. The van der Waals surface area contributed by atoms with Gasteiger partial charge in [-0.25, -0.2) is 0 Å². The molecule has 96 valence electrons. The minimum atomic E-state index is -0.710. The van der Waals surface area contributed by atoms with Crippen LogP contribution in [0.1, 0.15) is 25.7 Å². The van der Waals surface area contributed by atoms with Crippen molar-refractivity contribution < 1.29 is 14.6 Å². The molecule has 2 saturated heterocycles. The second-order valence-electron chi connectivity index (χ2n) is 4.88. The number of nitrogens with zero attached hydrogens (tertiary/aromatic N) is 2. The van der Waals surface area contributed by atoms with Crippen LogP contribution in [-0.4, -0.2) is 42.4 Å². The zero-order valence-electron chi connectivity index (χ0n) is 9.80. The molecular formula is C11H18N2O4. The first-order chi connectivity index (χ1) is 8.19. The molecule has 0 aromatic heterocycles. The van der Waals surface area contributed by atoms with Gasteiger partial charge in [0.15, 0.2) is 0 Å². The lowest BCUT2D eigenvalue weighted by molar-refractivity contribution is -0.162. The lowest BCUT2D eigenvalue weighted by Crippen LogP contribution is -2.47. The van der Waals surface area contributed by atoms with Gasteiger partial charge in [-0.3, -0.25) is 9.80 Å². The molecule has 0 unspecified atom stereocenters. The zero-order valence-corrected chi connectivity index (χ0v) is 9.80. The number of piperidine rings is 1. The Morgan fingerprint density at radius 2 is 1.88 bits per heavy atom. The highest BCUT2D eigenvalue weighted by Crippen LogP contribution is 2.43. The molecule has 0 radical (unpaired) electrons. The Kier molecular flexibility index (Phi) is 3.61. The summed E-state index contributed by atoms with van der Waals surface area (Å²) in [5.74, 6) is -0.569. The van der Waals surface area contributed by atoms with Crippen molar-refractivity contribution in [2.45, 2.75) is 25.7 Å². The molecule has 2 fully saturated rings. The van der Waals surface area contributed by atoms with Crippen LogP contribution < -0.4 is 0 Å². The van der Waals surface area contributed by atoms with Crippen molar-refractivity contribution in [3.05, 3.63) is 4.91 Å². The molecule has 0 aliphatic carbocycles. The Morgan fingerprint density at radius 3 is 2.35 bits per heavy atom. The topological polar surface area (TPSA) is 79.2 Å². The molecule has 0 saturated carbocycles. The van der Waals surface area contributed by atoms with Crippen LogP contribution >= 0.6 is 0 Å². The number of ether oxygens (including phenoxy) is 1. The number of aliphatic carboxylic acids is 1. The van der Waals surface area contributed by atoms with E-state index in [1.807, 2.05) is 0 Å². The molecule has 1 N–H and O–H groups in total. The fourth-order valence-corrected chi connectivity index (χ4v) is 3.03. The molecule has 0 bridgehead atoms. The number of hydrogen-bond acceptors (Lipinski definition) is 4. The smallest absolute Gasteiger partial charge is 0.310 e. The first-order valence-corrected chi connectivity index (χ1v) is 6.08. The number of hydrogen-bond donors (Lipinski definition) is 1. The van der Waals surface area contributed by atoms with Gasteiger partial charge in [-0.2, -0.15) is 0 Å². The van der Waals surface area contributed by atoms with E-state index in [1.165, 1.54) is 5.01 Å². The summed E-state index contributed by atoms with van der Waals surface area (Å²) >= 11 is 0. The van der Waals surface area contributed by atoms with Gasteiger partial charge in [-0.15, -0.1) is 4.91 Å². The van der Waals surface area contributed by atoms with Gasteiger partial charge in [0.05, 0.1) is 10.7 Å². The van der Waals surface area contributed by atoms with Crippen LogP contribution in [0.3, 0.4) is 0 Å². The third-order valence-electron chi connectivity index (χ3n) is 4.18. The van der Waals surface area contributed by atoms with Crippen molar-refractivity contribution in [1.29, 1.82) is 0 Å². The summed E-state index contributed by atoms with van der Waals surface area (Å²) in [6.45, 7) is 2.20. The molecule has 0 amide bonds. The third-order valence-corrected chi connectivity index (χ3v) is 4.18. The average Bonchev–Trinajstić information content (AvgIpc) is 2.39. The molecule has 2 aliphatic heterocycles. The number of carbonyl (C=O) groups is 1. The van der Waals surface area contributed by atoms with Crippen molar-refractivity contribution in [3.63, 3.8) is 0 Å². The standard InChI is InChI=1S/C11H18N2O4/c14-10(15)11(3-7-17-8-4-11)9-1-5-13(12-16)6-2-9/h9H,1-8H2,(H,14,15). The van der Waals surface area contributed by atoms with Crippen molar-refractivity contribution in [2.24, 2.45) is 16.6 Å². The Bertz CT molecular complexity index is 294. The lowest BCUT2D eigenvalue weighted by atomic mass is 9.66. The molecule has 0 aromatic carbocycles. The van der Waals surface area contributed by atoms with Gasteiger partial charge in [0.2, 0.25) is 0 Å². The Labute approximate surface area is 99.9 Å². The highest BCUT2D eigenvalue weighted by atomic mass is 16.5. The maximum Gasteiger partial charge on any atom is 0.310 e. The highest BCUT2D eigenvalue weighted by molar-refractivity contribution is 5.75. The fourth-order valence-electron chi connectivity index (χ4n) is 3.03. The molecule has 2 aliphatic rings. The molecule has 6 nitrogen and oxygen atoms in total. The summed E-state index contributed by atoms with van der Waals surface area (Å²) in [7, 11) is 0. The zero-order chi connectivity index (χ0) is 12.3. The summed E-state index contributed by atoms with van der Waals surface area (Å²) in [4.78, 5) is 22.0. The van der Waals surface area contributed by atoms with Crippen LogP contribution in [0.4, 0.5) is 0 Å². The largest absolute Gasteiger partial charge is 0.481 e. The Hall–Kier alpha value is -1.17. The van der Waals surface area contributed by atoms with E-state index in [-0.39, 0.29) is 5.92 Å². The van der Waals surface area contributed by atoms with Gasteiger partial charge < -0.3 is 9.84 Å². The quantitative estimate of drug-likeness (QED) is 0.754. The van der Waals surface area contributed by atoms with E-state index in [0.29, 0.717) is 39.1 Å². The van der Waals surface area contributed by atoms with Gasteiger partial charge in [-0.05, 0) is 31.6 Å². The number of carboxylic acids is 1. The normalized spacial score (nSPS) is 25.5. The Balaban J connectivity index is 2.07. The molecule has 2 rings (SSSR count). The van der Waals surface area contributed by atoms with E-state index in [4.69, 9.17) is 4.74 Å². The first-order valence-electron chi connectivity index (χ1n) is 6.08.